The highest BCUT2D eigenvalue weighted by Crippen LogP contribution is 2.36. The van der Waals surface area contributed by atoms with E-state index in [2.05, 4.69) is 9.97 Å². The van der Waals surface area contributed by atoms with Gasteiger partial charge in [0.05, 0.1) is 23.9 Å². The zero-order valence-corrected chi connectivity index (χ0v) is 14.2. The second-order valence-electron chi connectivity index (χ2n) is 6.62. The van der Waals surface area contributed by atoms with Gasteiger partial charge in [-0.2, -0.15) is 0 Å². The van der Waals surface area contributed by atoms with Crippen molar-refractivity contribution in [2.75, 3.05) is 7.11 Å². The molecule has 0 N–H and O–H groups in total. The van der Waals surface area contributed by atoms with Crippen LogP contribution < -0.4 is 10.3 Å². The van der Waals surface area contributed by atoms with E-state index in [9.17, 15) is 0 Å². The average molecular weight is 312 g/mol. The van der Waals surface area contributed by atoms with Gasteiger partial charge in [-0.15, -0.1) is 0 Å². The Morgan fingerprint density at radius 1 is 0.957 bits per heavy atom. The van der Waals surface area contributed by atoms with Crippen LogP contribution in [0.4, 0.5) is 0 Å². The van der Waals surface area contributed by atoms with E-state index in [0.29, 0.717) is 5.82 Å². The van der Waals surface area contributed by atoms with Crippen LogP contribution in [0.15, 0.2) is 36.5 Å². The van der Waals surface area contributed by atoms with Gasteiger partial charge in [-0.05, 0) is 58.0 Å². The summed E-state index contributed by atoms with van der Waals surface area (Å²) in [6.07, 6.45) is 1.73. The molecule has 6 heteroatoms. The monoisotopic (exact) mass is 312 g/mol. The third-order valence-corrected chi connectivity index (χ3v) is 4.52. The maximum absolute atomic E-state index is 6.04. The van der Waals surface area contributed by atoms with E-state index in [-0.39, 0.29) is 11.2 Å². The molecule has 0 bridgehead atoms. The van der Waals surface area contributed by atoms with Crippen LogP contribution >= 0.6 is 0 Å². The third kappa shape index (κ3) is 2.96. The Morgan fingerprint density at radius 3 is 2.13 bits per heavy atom. The Hall–Kier alpha value is -1.92. The van der Waals surface area contributed by atoms with Gasteiger partial charge < -0.3 is 14.0 Å². The SMILES string of the molecule is COc1ccc(-c2nccc(B3OC(C)(C)C(C)(C)O3)n2)cc1. The summed E-state index contributed by atoms with van der Waals surface area (Å²) in [5.41, 5.74) is 0.875. The van der Waals surface area contributed by atoms with Gasteiger partial charge in [-0.1, -0.05) is 0 Å². The molecule has 1 aromatic heterocycles. The lowest BCUT2D eigenvalue weighted by molar-refractivity contribution is 0.00578. The van der Waals surface area contributed by atoms with Gasteiger partial charge in [0, 0.05) is 11.8 Å². The van der Waals surface area contributed by atoms with Gasteiger partial charge in [0.1, 0.15) is 5.75 Å². The molecule has 1 aliphatic rings. The molecule has 23 heavy (non-hydrogen) atoms. The maximum Gasteiger partial charge on any atom is 0.514 e. The molecule has 0 saturated carbocycles. The Balaban J connectivity index is 1.88. The van der Waals surface area contributed by atoms with Crippen molar-refractivity contribution in [1.82, 2.24) is 9.97 Å². The molecule has 0 spiro atoms. The van der Waals surface area contributed by atoms with Crippen LogP contribution in [0.25, 0.3) is 11.4 Å². The van der Waals surface area contributed by atoms with Gasteiger partial charge in [-0.25, -0.2) is 9.97 Å². The van der Waals surface area contributed by atoms with Crippen molar-refractivity contribution in [3.05, 3.63) is 36.5 Å². The van der Waals surface area contributed by atoms with Crippen LogP contribution in [0.3, 0.4) is 0 Å². The first-order valence-corrected chi connectivity index (χ1v) is 7.65. The van der Waals surface area contributed by atoms with E-state index in [1.807, 2.05) is 58.0 Å². The fourth-order valence-corrected chi connectivity index (χ4v) is 2.35. The summed E-state index contributed by atoms with van der Waals surface area (Å²) < 4.78 is 17.3. The van der Waals surface area contributed by atoms with E-state index in [1.165, 1.54) is 0 Å². The molecule has 1 fully saturated rings. The van der Waals surface area contributed by atoms with Crippen LogP contribution in [-0.4, -0.2) is 35.4 Å². The lowest BCUT2D eigenvalue weighted by Gasteiger charge is -2.32. The van der Waals surface area contributed by atoms with Crippen molar-refractivity contribution in [3.63, 3.8) is 0 Å². The first-order valence-electron chi connectivity index (χ1n) is 7.65. The predicted molar refractivity (Wildman–Crippen MR) is 89.7 cm³/mol. The van der Waals surface area contributed by atoms with Crippen molar-refractivity contribution >= 4 is 12.7 Å². The Kier molecular flexibility index (Phi) is 3.90. The minimum atomic E-state index is -0.486. The third-order valence-electron chi connectivity index (χ3n) is 4.52. The number of aromatic nitrogens is 2. The molecule has 3 rings (SSSR count). The topological polar surface area (TPSA) is 53.5 Å². The molecule has 0 unspecified atom stereocenters. The van der Waals surface area contributed by atoms with E-state index < -0.39 is 7.12 Å². The Morgan fingerprint density at radius 2 is 1.57 bits per heavy atom. The van der Waals surface area contributed by atoms with Gasteiger partial charge in [0.15, 0.2) is 5.82 Å². The summed E-state index contributed by atoms with van der Waals surface area (Å²) in [5.74, 6) is 1.44. The lowest BCUT2D eigenvalue weighted by atomic mass is 9.84. The van der Waals surface area contributed by atoms with Crippen LogP contribution in [0.5, 0.6) is 5.75 Å². The fraction of sp³-hybridized carbons (Fsp3) is 0.412. The van der Waals surface area contributed by atoms with Crippen molar-refractivity contribution in [2.45, 2.75) is 38.9 Å². The molecule has 0 aliphatic carbocycles. The Labute approximate surface area is 137 Å². The van der Waals surface area contributed by atoms with Crippen molar-refractivity contribution in [2.24, 2.45) is 0 Å². The fourth-order valence-electron chi connectivity index (χ4n) is 2.35. The molecular formula is C17H21BN2O3. The molecule has 120 valence electrons. The normalized spacial score (nSPS) is 18.9. The van der Waals surface area contributed by atoms with Gasteiger partial charge in [0.25, 0.3) is 0 Å². The van der Waals surface area contributed by atoms with E-state index in [4.69, 9.17) is 14.0 Å². The first-order chi connectivity index (χ1) is 10.8. The number of nitrogens with zero attached hydrogens (tertiary/aromatic N) is 2. The quantitative estimate of drug-likeness (QED) is 0.815. The summed E-state index contributed by atoms with van der Waals surface area (Å²) in [5, 5.41) is 0. The summed E-state index contributed by atoms with van der Waals surface area (Å²) in [7, 11) is 1.16. The number of hydrogen-bond donors (Lipinski definition) is 0. The number of benzene rings is 1. The van der Waals surface area contributed by atoms with Gasteiger partial charge in [-0.3, -0.25) is 0 Å². The van der Waals surface area contributed by atoms with Crippen LogP contribution in [0, 0.1) is 0 Å². The number of ether oxygens (including phenoxy) is 1. The van der Waals surface area contributed by atoms with Crippen molar-refractivity contribution < 1.29 is 14.0 Å². The molecule has 0 atom stereocenters. The molecule has 5 nitrogen and oxygen atoms in total. The van der Waals surface area contributed by atoms with E-state index in [0.717, 1.165) is 16.9 Å². The minimum absolute atomic E-state index is 0.386. The first kappa shape index (κ1) is 16.0. The second-order valence-corrected chi connectivity index (χ2v) is 6.62. The highest BCUT2D eigenvalue weighted by Gasteiger charge is 2.52. The van der Waals surface area contributed by atoms with Crippen LogP contribution in [-0.2, 0) is 9.31 Å². The second kappa shape index (κ2) is 5.62. The number of rotatable bonds is 3. The molecular weight excluding hydrogens is 291 g/mol. The van der Waals surface area contributed by atoms with E-state index >= 15 is 0 Å². The minimum Gasteiger partial charge on any atom is -0.497 e. The standard InChI is InChI=1S/C17H21BN2O3/c1-16(2)17(3,4)23-18(22-16)14-10-11-19-15(20-14)12-6-8-13(21-5)9-7-12/h6-11H,1-5H3. The summed E-state index contributed by atoms with van der Waals surface area (Å²) in [6.45, 7) is 8.11. The molecule has 1 aromatic carbocycles. The average Bonchev–Trinajstić information content (AvgIpc) is 2.76. The zero-order chi connectivity index (χ0) is 16.7. The summed E-state index contributed by atoms with van der Waals surface area (Å²) in [6, 6.07) is 9.47. The molecule has 0 radical (unpaired) electrons. The van der Waals surface area contributed by atoms with Gasteiger partial charge in [0.2, 0.25) is 0 Å². The molecule has 2 heterocycles. The lowest BCUT2D eigenvalue weighted by Crippen LogP contribution is -2.41. The number of methoxy groups -OCH3 is 1. The molecule has 1 aliphatic heterocycles. The largest absolute Gasteiger partial charge is 0.514 e. The number of hydrogen-bond acceptors (Lipinski definition) is 5. The smallest absolute Gasteiger partial charge is 0.497 e. The molecule has 1 saturated heterocycles. The molecule has 2 aromatic rings. The maximum atomic E-state index is 6.04. The predicted octanol–water partition coefficient (Wildman–Crippen LogP) is 2.45. The summed E-state index contributed by atoms with van der Waals surface area (Å²) >= 11 is 0. The zero-order valence-electron chi connectivity index (χ0n) is 14.2. The summed E-state index contributed by atoms with van der Waals surface area (Å²) in [4.78, 5) is 8.96. The van der Waals surface area contributed by atoms with Gasteiger partial charge >= 0.3 is 7.12 Å². The van der Waals surface area contributed by atoms with Crippen LogP contribution in [0.2, 0.25) is 0 Å². The van der Waals surface area contributed by atoms with Crippen molar-refractivity contribution in [1.29, 1.82) is 0 Å². The highest BCUT2D eigenvalue weighted by molar-refractivity contribution is 6.61. The highest BCUT2D eigenvalue weighted by atomic mass is 16.7. The van der Waals surface area contributed by atoms with E-state index in [1.54, 1.807) is 13.3 Å². The Bertz CT molecular complexity index is 685. The van der Waals surface area contributed by atoms with Crippen molar-refractivity contribution in [3.8, 4) is 17.1 Å². The van der Waals surface area contributed by atoms with Crippen LogP contribution in [0.1, 0.15) is 27.7 Å². The molecule has 0 amide bonds.